The minimum atomic E-state index is -0.0220. The van der Waals surface area contributed by atoms with Gasteiger partial charge in [0.05, 0.1) is 12.1 Å². The third-order valence-electron chi connectivity index (χ3n) is 2.87. The predicted octanol–water partition coefficient (Wildman–Crippen LogP) is 4.13. The molecule has 4 heteroatoms. The number of ketones is 1. The Morgan fingerprint density at radius 2 is 2.00 bits per heavy atom. The summed E-state index contributed by atoms with van der Waals surface area (Å²) < 4.78 is 10.8. The Balaban J connectivity index is 2.08. The highest BCUT2D eigenvalue weighted by molar-refractivity contribution is 6.32. The van der Waals surface area contributed by atoms with Crippen molar-refractivity contribution in [2.45, 2.75) is 13.5 Å². The summed E-state index contributed by atoms with van der Waals surface area (Å²) in [4.78, 5) is 11.2. The van der Waals surface area contributed by atoms with Gasteiger partial charge in [0, 0.05) is 5.56 Å². The molecule has 0 N–H and O–H groups in total. The van der Waals surface area contributed by atoms with Crippen molar-refractivity contribution in [3.8, 4) is 11.5 Å². The highest BCUT2D eigenvalue weighted by Gasteiger charge is 2.06. The van der Waals surface area contributed by atoms with Gasteiger partial charge in [-0.1, -0.05) is 23.7 Å². The molecule has 0 saturated heterocycles. The third-order valence-corrected chi connectivity index (χ3v) is 3.16. The van der Waals surface area contributed by atoms with Crippen LogP contribution in [0.4, 0.5) is 0 Å². The third kappa shape index (κ3) is 3.52. The van der Waals surface area contributed by atoms with Crippen molar-refractivity contribution in [2.24, 2.45) is 0 Å². The molecule has 0 amide bonds. The van der Waals surface area contributed by atoms with E-state index in [1.54, 1.807) is 25.3 Å². The molecule has 2 rings (SSSR count). The van der Waals surface area contributed by atoms with E-state index in [1.165, 1.54) is 6.92 Å². The summed E-state index contributed by atoms with van der Waals surface area (Å²) in [5.41, 5.74) is 1.56. The normalized spacial score (nSPS) is 10.2. The summed E-state index contributed by atoms with van der Waals surface area (Å²) in [6.07, 6.45) is 0. The highest BCUT2D eigenvalue weighted by Crippen LogP contribution is 2.26. The first-order valence-corrected chi connectivity index (χ1v) is 6.54. The van der Waals surface area contributed by atoms with Crippen LogP contribution in [0.5, 0.6) is 11.5 Å². The number of ether oxygens (including phenoxy) is 2. The lowest BCUT2D eigenvalue weighted by atomic mass is 10.1. The SMILES string of the molecule is COc1cccc(COc2ccc(C(C)=O)cc2Cl)c1. The van der Waals surface area contributed by atoms with Crippen LogP contribution in [0.2, 0.25) is 5.02 Å². The van der Waals surface area contributed by atoms with Crippen LogP contribution in [0.25, 0.3) is 0 Å². The summed E-state index contributed by atoms with van der Waals surface area (Å²) in [6, 6.07) is 12.6. The number of methoxy groups -OCH3 is 1. The zero-order chi connectivity index (χ0) is 14.5. The van der Waals surface area contributed by atoms with E-state index in [2.05, 4.69) is 0 Å². The highest BCUT2D eigenvalue weighted by atomic mass is 35.5. The summed E-state index contributed by atoms with van der Waals surface area (Å²) in [5.74, 6) is 1.31. The average molecular weight is 291 g/mol. The molecule has 0 unspecified atom stereocenters. The van der Waals surface area contributed by atoms with E-state index in [0.717, 1.165) is 11.3 Å². The quantitative estimate of drug-likeness (QED) is 0.777. The molecule has 0 aliphatic carbocycles. The lowest BCUT2D eigenvalue weighted by Gasteiger charge is -2.09. The molecule has 0 spiro atoms. The van der Waals surface area contributed by atoms with Crippen LogP contribution in [-0.2, 0) is 6.61 Å². The van der Waals surface area contributed by atoms with Gasteiger partial charge in [0.25, 0.3) is 0 Å². The lowest BCUT2D eigenvalue weighted by molar-refractivity contribution is 0.101. The molecule has 0 aliphatic heterocycles. The Hall–Kier alpha value is -2.00. The number of rotatable bonds is 5. The summed E-state index contributed by atoms with van der Waals surface area (Å²) in [7, 11) is 1.62. The van der Waals surface area contributed by atoms with Crippen LogP contribution in [0.15, 0.2) is 42.5 Å². The number of benzene rings is 2. The number of carbonyl (C=O) groups is 1. The number of hydrogen-bond acceptors (Lipinski definition) is 3. The fraction of sp³-hybridized carbons (Fsp3) is 0.188. The second kappa shape index (κ2) is 6.44. The molecule has 0 fully saturated rings. The fourth-order valence-corrected chi connectivity index (χ4v) is 2.00. The Morgan fingerprint density at radius 3 is 2.65 bits per heavy atom. The lowest BCUT2D eigenvalue weighted by Crippen LogP contribution is -1.98. The zero-order valence-corrected chi connectivity index (χ0v) is 12.1. The standard InChI is InChI=1S/C16H15ClO3/c1-11(18)13-6-7-16(15(17)9-13)20-10-12-4-3-5-14(8-12)19-2/h3-9H,10H2,1-2H3. The molecule has 2 aromatic rings. The van der Waals surface area contributed by atoms with Gasteiger partial charge < -0.3 is 9.47 Å². The minimum Gasteiger partial charge on any atom is -0.497 e. The molecule has 0 bridgehead atoms. The predicted molar refractivity (Wildman–Crippen MR) is 78.8 cm³/mol. The first-order chi connectivity index (χ1) is 9.60. The molecule has 3 nitrogen and oxygen atoms in total. The van der Waals surface area contributed by atoms with E-state index in [-0.39, 0.29) is 5.78 Å². The van der Waals surface area contributed by atoms with Gasteiger partial charge in [-0.25, -0.2) is 0 Å². The Labute approximate surface area is 123 Å². The molecule has 0 radical (unpaired) electrons. The van der Waals surface area contributed by atoms with E-state index in [1.807, 2.05) is 24.3 Å². The van der Waals surface area contributed by atoms with Crippen LogP contribution < -0.4 is 9.47 Å². The first-order valence-electron chi connectivity index (χ1n) is 6.16. The molecule has 0 aromatic heterocycles. The Morgan fingerprint density at radius 1 is 1.20 bits per heavy atom. The number of halogens is 1. The summed E-state index contributed by atoms with van der Waals surface area (Å²) in [5, 5.41) is 0.431. The van der Waals surface area contributed by atoms with Crippen molar-refractivity contribution in [2.75, 3.05) is 7.11 Å². The van der Waals surface area contributed by atoms with Crippen molar-refractivity contribution < 1.29 is 14.3 Å². The van der Waals surface area contributed by atoms with E-state index >= 15 is 0 Å². The van der Waals surface area contributed by atoms with Gasteiger partial charge in [0.2, 0.25) is 0 Å². The number of hydrogen-bond donors (Lipinski definition) is 0. The van der Waals surface area contributed by atoms with Crippen LogP contribution >= 0.6 is 11.6 Å². The summed E-state index contributed by atoms with van der Waals surface area (Å²) >= 11 is 6.10. The molecule has 0 atom stereocenters. The molecule has 2 aromatic carbocycles. The summed E-state index contributed by atoms with van der Waals surface area (Å²) in [6.45, 7) is 1.89. The van der Waals surface area contributed by atoms with Crippen LogP contribution in [-0.4, -0.2) is 12.9 Å². The van der Waals surface area contributed by atoms with E-state index in [0.29, 0.717) is 22.9 Å². The van der Waals surface area contributed by atoms with Gasteiger partial charge in [-0.3, -0.25) is 4.79 Å². The van der Waals surface area contributed by atoms with E-state index in [4.69, 9.17) is 21.1 Å². The smallest absolute Gasteiger partial charge is 0.159 e. The van der Waals surface area contributed by atoms with E-state index in [9.17, 15) is 4.79 Å². The number of carbonyl (C=O) groups excluding carboxylic acids is 1. The van der Waals surface area contributed by atoms with Crippen molar-refractivity contribution in [3.63, 3.8) is 0 Å². The maximum atomic E-state index is 11.2. The van der Waals surface area contributed by atoms with Crippen LogP contribution in [0, 0.1) is 0 Å². The Bertz CT molecular complexity index is 623. The topological polar surface area (TPSA) is 35.5 Å². The van der Waals surface area contributed by atoms with Gasteiger partial charge in [-0.05, 0) is 42.8 Å². The average Bonchev–Trinajstić information content (AvgIpc) is 2.46. The fourth-order valence-electron chi connectivity index (χ4n) is 1.76. The Kier molecular flexibility index (Phi) is 4.64. The van der Waals surface area contributed by atoms with E-state index < -0.39 is 0 Å². The van der Waals surface area contributed by atoms with Gasteiger partial charge in [0.1, 0.15) is 18.1 Å². The van der Waals surface area contributed by atoms with Crippen molar-refractivity contribution >= 4 is 17.4 Å². The minimum absolute atomic E-state index is 0.0220. The second-order valence-electron chi connectivity index (χ2n) is 4.34. The van der Waals surface area contributed by atoms with Crippen molar-refractivity contribution in [1.29, 1.82) is 0 Å². The van der Waals surface area contributed by atoms with Gasteiger partial charge in [-0.2, -0.15) is 0 Å². The molecular formula is C16H15ClO3. The maximum Gasteiger partial charge on any atom is 0.159 e. The van der Waals surface area contributed by atoms with Crippen molar-refractivity contribution in [3.05, 3.63) is 58.6 Å². The van der Waals surface area contributed by atoms with Gasteiger partial charge in [-0.15, -0.1) is 0 Å². The molecular weight excluding hydrogens is 276 g/mol. The van der Waals surface area contributed by atoms with Crippen LogP contribution in [0.3, 0.4) is 0 Å². The molecule has 0 heterocycles. The maximum absolute atomic E-state index is 11.2. The van der Waals surface area contributed by atoms with Crippen LogP contribution in [0.1, 0.15) is 22.8 Å². The molecule has 0 saturated carbocycles. The molecule has 104 valence electrons. The van der Waals surface area contributed by atoms with Gasteiger partial charge >= 0.3 is 0 Å². The van der Waals surface area contributed by atoms with Gasteiger partial charge in [0.15, 0.2) is 5.78 Å². The molecule has 20 heavy (non-hydrogen) atoms. The largest absolute Gasteiger partial charge is 0.497 e. The first kappa shape index (κ1) is 14.4. The molecule has 0 aliphatic rings. The second-order valence-corrected chi connectivity index (χ2v) is 4.75. The van der Waals surface area contributed by atoms with Crippen molar-refractivity contribution in [1.82, 2.24) is 0 Å². The monoisotopic (exact) mass is 290 g/mol. The number of Topliss-reactive ketones (excluding diaryl/α,β-unsaturated/α-hetero) is 1. The zero-order valence-electron chi connectivity index (χ0n) is 11.4.